The highest BCUT2D eigenvalue weighted by Crippen LogP contribution is 2.60. The van der Waals surface area contributed by atoms with Crippen LogP contribution in [0, 0.1) is 0 Å². The number of nitrogens with one attached hydrogen (secondary N) is 2. The normalized spacial score (nSPS) is 24.4. The van der Waals surface area contributed by atoms with E-state index in [1.54, 1.807) is 14.2 Å². The zero-order chi connectivity index (χ0) is 26.1. The van der Waals surface area contributed by atoms with Gasteiger partial charge in [0.2, 0.25) is 0 Å². The number of fused-ring (bicyclic) bond motifs is 4. The zero-order valence-corrected chi connectivity index (χ0v) is 21.1. The molecule has 2 aliphatic heterocycles. The molecule has 0 saturated heterocycles. The van der Waals surface area contributed by atoms with Crippen LogP contribution in [0.25, 0.3) is 0 Å². The van der Waals surface area contributed by atoms with Gasteiger partial charge in [-0.05, 0) is 65.2 Å². The maximum atomic E-state index is 14.7. The van der Waals surface area contributed by atoms with Gasteiger partial charge in [0.1, 0.15) is 22.6 Å². The fourth-order valence-electron chi connectivity index (χ4n) is 6.83. The molecule has 2 spiro atoms. The third-order valence-electron chi connectivity index (χ3n) is 8.36. The average molecular weight is 503 g/mol. The molecule has 6 nitrogen and oxygen atoms in total. The van der Waals surface area contributed by atoms with Gasteiger partial charge in [-0.1, -0.05) is 42.5 Å². The number of hydrogen-bond donors (Lipinski definition) is 2. The van der Waals surface area contributed by atoms with E-state index in [-0.39, 0.29) is 11.6 Å². The summed E-state index contributed by atoms with van der Waals surface area (Å²) in [5.74, 6) is 0.668. The Balaban J connectivity index is 1.57. The summed E-state index contributed by atoms with van der Waals surface area (Å²) in [7, 11) is 3.25. The van der Waals surface area contributed by atoms with Gasteiger partial charge in [-0.3, -0.25) is 9.59 Å². The van der Waals surface area contributed by atoms with Crippen LogP contribution in [0.1, 0.15) is 43.3 Å². The van der Waals surface area contributed by atoms with E-state index in [1.807, 2.05) is 91.0 Å². The number of carbonyl (C=O) groups excluding carboxylic acids is 2. The van der Waals surface area contributed by atoms with Crippen molar-refractivity contribution in [2.24, 2.45) is 0 Å². The van der Waals surface area contributed by atoms with E-state index in [4.69, 9.17) is 9.47 Å². The molecule has 4 aromatic rings. The zero-order valence-electron chi connectivity index (χ0n) is 21.1. The van der Waals surface area contributed by atoms with Gasteiger partial charge in [0.25, 0.3) is 0 Å². The van der Waals surface area contributed by atoms with E-state index in [2.05, 4.69) is 10.6 Å². The number of ether oxygens (including phenoxy) is 2. The van der Waals surface area contributed by atoms with Crippen molar-refractivity contribution in [2.75, 3.05) is 24.9 Å². The lowest BCUT2D eigenvalue weighted by molar-refractivity contribution is 0.0776. The minimum Gasteiger partial charge on any atom is -0.497 e. The van der Waals surface area contributed by atoms with Crippen molar-refractivity contribution in [1.82, 2.24) is 0 Å². The molecule has 1 aliphatic carbocycles. The van der Waals surface area contributed by atoms with E-state index in [0.717, 1.165) is 28.1 Å². The summed E-state index contributed by atoms with van der Waals surface area (Å²) in [6.45, 7) is 0. The molecule has 0 unspecified atom stereocenters. The lowest BCUT2D eigenvalue weighted by Crippen LogP contribution is -2.63. The molecular formula is C32H26N2O4. The Kier molecular flexibility index (Phi) is 4.73. The summed E-state index contributed by atoms with van der Waals surface area (Å²) < 4.78 is 11.2. The van der Waals surface area contributed by atoms with Crippen LogP contribution in [-0.4, -0.2) is 31.3 Å². The largest absolute Gasteiger partial charge is 0.497 e. The molecule has 38 heavy (non-hydrogen) atoms. The van der Waals surface area contributed by atoms with E-state index < -0.39 is 17.0 Å². The summed E-state index contributed by atoms with van der Waals surface area (Å²) in [6.07, 6.45) is 0.391. The van der Waals surface area contributed by atoms with E-state index in [9.17, 15) is 9.59 Å². The van der Waals surface area contributed by atoms with Gasteiger partial charge >= 0.3 is 0 Å². The number of benzene rings is 4. The number of Topliss-reactive ketones (excluding diaryl/α,β-unsaturated/α-hetero) is 2. The second-order valence-electron chi connectivity index (χ2n) is 10.2. The molecular weight excluding hydrogens is 476 g/mol. The number of hydrogen-bond acceptors (Lipinski definition) is 6. The Hall–Kier alpha value is -4.58. The van der Waals surface area contributed by atoms with Gasteiger partial charge in [-0.15, -0.1) is 0 Å². The number of para-hydroxylation sites is 2. The number of methoxy groups -OCH3 is 2. The first-order valence-electron chi connectivity index (χ1n) is 12.7. The second-order valence-corrected chi connectivity index (χ2v) is 10.2. The summed E-state index contributed by atoms with van der Waals surface area (Å²) in [4.78, 5) is 29.2. The minimum absolute atomic E-state index is 0.0284. The van der Waals surface area contributed by atoms with Gasteiger partial charge in [0.15, 0.2) is 11.6 Å². The first-order chi connectivity index (χ1) is 18.5. The summed E-state index contributed by atoms with van der Waals surface area (Å²) in [5, 5.41) is 7.29. The summed E-state index contributed by atoms with van der Waals surface area (Å²) in [5.41, 5.74) is 3.00. The number of rotatable bonds is 3. The van der Waals surface area contributed by atoms with Gasteiger partial charge in [0.05, 0.1) is 14.2 Å². The molecule has 6 heteroatoms. The molecule has 7 rings (SSSR count). The number of carbonyl (C=O) groups is 2. The topological polar surface area (TPSA) is 76.7 Å². The summed E-state index contributed by atoms with van der Waals surface area (Å²) >= 11 is 0. The molecule has 4 aromatic carbocycles. The fourth-order valence-corrected chi connectivity index (χ4v) is 6.83. The molecule has 0 fully saturated rings. The van der Waals surface area contributed by atoms with Crippen LogP contribution < -0.4 is 20.1 Å². The Morgan fingerprint density at radius 2 is 1.37 bits per heavy atom. The molecule has 0 radical (unpaired) electrons. The minimum atomic E-state index is -1.24. The maximum absolute atomic E-state index is 14.7. The Morgan fingerprint density at radius 3 is 2.05 bits per heavy atom. The molecule has 3 atom stereocenters. The first-order valence-corrected chi connectivity index (χ1v) is 12.7. The quantitative estimate of drug-likeness (QED) is 0.380. The summed E-state index contributed by atoms with van der Waals surface area (Å²) in [6, 6.07) is 28.7. The first kappa shape index (κ1) is 22.6. The van der Waals surface area contributed by atoms with Crippen molar-refractivity contribution >= 4 is 22.9 Å². The van der Waals surface area contributed by atoms with Crippen molar-refractivity contribution in [3.05, 3.63) is 119 Å². The molecule has 3 aliphatic rings. The number of anilines is 2. The highest BCUT2D eigenvalue weighted by atomic mass is 16.5. The molecule has 0 amide bonds. The van der Waals surface area contributed by atoms with Crippen LogP contribution in [0.2, 0.25) is 0 Å². The molecule has 0 bridgehead atoms. The molecule has 2 heterocycles. The van der Waals surface area contributed by atoms with Gasteiger partial charge in [-0.25, -0.2) is 0 Å². The monoisotopic (exact) mass is 502 g/mol. The predicted octanol–water partition coefficient (Wildman–Crippen LogP) is 5.59. The van der Waals surface area contributed by atoms with E-state index in [1.165, 1.54) is 0 Å². The van der Waals surface area contributed by atoms with E-state index in [0.29, 0.717) is 29.0 Å². The van der Waals surface area contributed by atoms with Crippen molar-refractivity contribution in [1.29, 1.82) is 0 Å². The van der Waals surface area contributed by atoms with E-state index >= 15 is 0 Å². The predicted molar refractivity (Wildman–Crippen MR) is 146 cm³/mol. The highest BCUT2D eigenvalue weighted by molar-refractivity contribution is 6.19. The van der Waals surface area contributed by atoms with Crippen molar-refractivity contribution in [2.45, 2.75) is 23.4 Å². The van der Waals surface area contributed by atoms with Crippen molar-refractivity contribution < 1.29 is 19.1 Å². The smallest absolute Gasteiger partial charge is 0.195 e. The average Bonchev–Trinajstić information content (AvgIpc) is 3.39. The fraction of sp³-hybridized carbons (Fsp3) is 0.188. The van der Waals surface area contributed by atoms with Crippen LogP contribution in [0.5, 0.6) is 11.5 Å². The molecule has 0 saturated carbocycles. The Morgan fingerprint density at radius 1 is 0.711 bits per heavy atom. The van der Waals surface area contributed by atoms with Gasteiger partial charge in [0, 0.05) is 34.8 Å². The van der Waals surface area contributed by atoms with Crippen LogP contribution in [0.3, 0.4) is 0 Å². The standard InChI is InChI=1S/C32H26N2O4/c1-37-21-9-7-8-19(16-21)28-31(29(35)23-10-3-5-12-26(23)33-31)18-20-17-22(38-2)14-15-25(20)32(28)30(36)24-11-4-6-13-27(24)34-32/h3-17,28,33-34H,18H2,1-2H3/t28-,31+,32+/m0/s1. The van der Waals surface area contributed by atoms with Gasteiger partial charge < -0.3 is 20.1 Å². The molecule has 2 N–H and O–H groups in total. The molecule has 188 valence electrons. The SMILES string of the molecule is COc1cccc([C@H]2[C@@]3(Cc4cc(OC)ccc4[C@@]24Nc2ccccc2C4=O)Nc2ccccc2C3=O)c1. The lowest BCUT2D eigenvalue weighted by Gasteiger charge is -2.51. The van der Waals surface area contributed by atoms with Crippen LogP contribution in [-0.2, 0) is 12.0 Å². The third-order valence-corrected chi connectivity index (χ3v) is 8.36. The van der Waals surface area contributed by atoms with Crippen molar-refractivity contribution in [3.8, 4) is 11.5 Å². The van der Waals surface area contributed by atoms with Gasteiger partial charge in [-0.2, -0.15) is 0 Å². The van der Waals surface area contributed by atoms with Crippen molar-refractivity contribution in [3.63, 3.8) is 0 Å². The van der Waals surface area contributed by atoms with Crippen LogP contribution >= 0.6 is 0 Å². The lowest BCUT2D eigenvalue weighted by atomic mass is 9.56. The molecule has 0 aromatic heterocycles. The van der Waals surface area contributed by atoms with Crippen LogP contribution in [0.15, 0.2) is 91.0 Å². The Labute approximate surface area is 220 Å². The highest BCUT2D eigenvalue weighted by Gasteiger charge is 2.67. The Bertz CT molecular complexity index is 1650. The third kappa shape index (κ3) is 2.83. The maximum Gasteiger partial charge on any atom is 0.195 e. The number of ketones is 2. The second kappa shape index (κ2) is 7.96. The van der Waals surface area contributed by atoms with Crippen LogP contribution in [0.4, 0.5) is 11.4 Å².